The zero-order chi connectivity index (χ0) is 17.6. The van der Waals surface area contributed by atoms with Crippen molar-refractivity contribution in [1.29, 1.82) is 0 Å². The number of ether oxygens (including phenoxy) is 2. The monoisotopic (exact) mass is 345 g/mol. The molecular weight excluding hydrogens is 325 g/mol. The first-order valence-electron chi connectivity index (χ1n) is 8.05. The van der Waals surface area contributed by atoms with Crippen molar-refractivity contribution in [1.82, 2.24) is 9.88 Å². The average molecular weight is 345 g/mol. The molecule has 25 heavy (non-hydrogen) atoms. The van der Waals surface area contributed by atoms with Crippen LogP contribution < -0.4 is 5.32 Å². The van der Waals surface area contributed by atoms with E-state index in [-0.39, 0.29) is 17.7 Å². The summed E-state index contributed by atoms with van der Waals surface area (Å²) in [6, 6.07) is 9.64. The highest BCUT2D eigenvalue weighted by atomic mass is 19.1. The molecule has 1 aliphatic heterocycles. The normalized spacial score (nSPS) is 17.4. The van der Waals surface area contributed by atoms with Crippen LogP contribution in [0.3, 0.4) is 0 Å². The predicted molar refractivity (Wildman–Crippen MR) is 91.4 cm³/mol. The third-order valence-electron chi connectivity index (χ3n) is 3.94. The molecule has 2 heterocycles. The topological polar surface area (TPSA) is 63.7 Å². The Morgan fingerprint density at radius 1 is 1.40 bits per heavy atom. The number of carbonyl (C=O) groups is 1. The molecule has 2 aromatic rings. The molecule has 0 radical (unpaired) electrons. The summed E-state index contributed by atoms with van der Waals surface area (Å²) < 4.78 is 24.6. The Balaban J connectivity index is 1.80. The molecule has 1 aromatic heterocycles. The van der Waals surface area contributed by atoms with Gasteiger partial charge in [-0.1, -0.05) is 12.1 Å². The fourth-order valence-corrected chi connectivity index (χ4v) is 2.73. The van der Waals surface area contributed by atoms with E-state index in [4.69, 9.17) is 9.47 Å². The van der Waals surface area contributed by atoms with E-state index in [2.05, 4.69) is 10.3 Å². The van der Waals surface area contributed by atoms with Crippen LogP contribution in [0.2, 0.25) is 0 Å². The van der Waals surface area contributed by atoms with E-state index < -0.39 is 5.82 Å². The number of methoxy groups -OCH3 is 1. The first kappa shape index (κ1) is 17.3. The van der Waals surface area contributed by atoms with Gasteiger partial charge in [0.25, 0.3) is 5.91 Å². The van der Waals surface area contributed by atoms with Crippen molar-refractivity contribution in [2.75, 3.05) is 38.7 Å². The van der Waals surface area contributed by atoms with Gasteiger partial charge >= 0.3 is 0 Å². The van der Waals surface area contributed by atoms with E-state index in [0.717, 1.165) is 0 Å². The van der Waals surface area contributed by atoms with Crippen molar-refractivity contribution in [3.05, 3.63) is 54.0 Å². The van der Waals surface area contributed by atoms with Crippen molar-refractivity contribution < 1.29 is 18.7 Å². The Morgan fingerprint density at radius 2 is 2.24 bits per heavy atom. The second-order valence-electron chi connectivity index (χ2n) is 5.70. The number of aromatic nitrogens is 1. The summed E-state index contributed by atoms with van der Waals surface area (Å²) >= 11 is 0. The molecule has 0 aliphatic carbocycles. The standard InChI is InChI=1S/C18H20FN3O3/c1-24-12-13-11-22(9-10-25-13)18(23)14-5-4-8-20-17(14)21-16-7-3-2-6-15(16)19/h2-8,13H,9-12H2,1H3,(H,20,21). The lowest BCUT2D eigenvalue weighted by atomic mass is 10.2. The van der Waals surface area contributed by atoms with E-state index >= 15 is 0 Å². The van der Waals surface area contributed by atoms with Crippen LogP contribution in [0.4, 0.5) is 15.9 Å². The molecule has 132 valence electrons. The van der Waals surface area contributed by atoms with E-state index in [1.807, 2.05) is 0 Å². The first-order chi connectivity index (χ1) is 12.2. The Labute approximate surface area is 145 Å². The highest BCUT2D eigenvalue weighted by molar-refractivity contribution is 5.99. The summed E-state index contributed by atoms with van der Waals surface area (Å²) in [5.74, 6) is -0.248. The minimum absolute atomic E-state index is 0.151. The fraction of sp³-hybridized carbons (Fsp3) is 0.333. The zero-order valence-electron chi connectivity index (χ0n) is 13.9. The van der Waals surface area contributed by atoms with Gasteiger partial charge in [-0.05, 0) is 24.3 Å². The van der Waals surface area contributed by atoms with Crippen molar-refractivity contribution in [2.45, 2.75) is 6.10 Å². The molecule has 1 atom stereocenters. The molecule has 1 N–H and O–H groups in total. The van der Waals surface area contributed by atoms with Gasteiger partial charge in [-0.15, -0.1) is 0 Å². The number of nitrogens with zero attached hydrogens (tertiary/aromatic N) is 2. The number of rotatable bonds is 5. The Bertz CT molecular complexity index is 739. The lowest BCUT2D eigenvalue weighted by Gasteiger charge is -2.33. The van der Waals surface area contributed by atoms with Crippen molar-refractivity contribution in [3.63, 3.8) is 0 Å². The summed E-state index contributed by atoms with van der Waals surface area (Å²) in [5, 5.41) is 2.91. The van der Waals surface area contributed by atoms with E-state index in [0.29, 0.717) is 37.7 Å². The van der Waals surface area contributed by atoms with Crippen molar-refractivity contribution >= 4 is 17.4 Å². The molecule has 0 spiro atoms. The maximum Gasteiger partial charge on any atom is 0.257 e. The van der Waals surface area contributed by atoms with E-state index in [9.17, 15) is 9.18 Å². The Morgan fingerprint density at radius 3 is 3.04 bits per heavy atom. The lowest BCUT2D eigenvalue weighted by Crippen LogP contribution is -2.47. The number of hydrogen-bond acceptors (Lipinski definition) is 5. The number of halogens is 1. The third-order valence-corrected chi connectivity index (χ3v) is 3.94. The molecule has 1 aromatic carbocycles. The quantitative estimate of drug-likeness (QED) is 0.902. The summed E-state index contributed by atoms with van der Waals surface area (Å²) in [6.07, 6.45) is 1.41. The number of nitrogens with one attached hydrogen (secondary N) is 1. The van der Waals surface area contributed by atoms with Gasteiger partial charge < -0.3 is 19.7 Å². The molecule has 3 rings (SSSR count). The van der Waals surface area contributed by atoms with Gasteiger partial charge in [0.1, 0.15) is 11.6 Å². The summed E-state index contributed by atoms with van der Waals surface area (Å²) in [7, 11) is 1.60. The van der Waals surface area contributed by atoms with Crippen LogP contribution >= 0.6 is 0 Å². The van der Waals surface area contributed by atoms with Crippen LogP contribution in [0.5, 0.6) is 0 Å². The predicted octanol–water partition coefficient (Wildman–Crippen LogP) is 2.45. The second-order valence-corrected chi connectivity index (χ2v) is 5.70. The fourth-order valence-electron chi connectivity index (χ4n) is 2.73. The molecule has 0 saturated carbocycles. The second kappa shape index (κ2) is 8.04. The maximum absolute atomic E-state index is 13.9. The number of carbonyl (C=O) groups excluding carboxylic acids is 1. The van der Waals surface area contributed by atoms with Crippen molar-refractivity contribution in [3.8, 4) is 0 Å². The summed E-state index contributed by atoms with van der Waals surface area (Å²) in [4.78, 5) is 18.8. The van der Waals surface area contributed by atoms with E-state index in [1.54, 1.807) is 48.5 Å². The van der Waals surface area contributed by atoms with Gasteiger partial charge in [0.2, 0.25) is 0 Å². The number of pyridine rings is 1. The molecule has 1 unspecified atom stereocenters. The lowest BCUT2D eigenvalue weighted by molar-refractivity contribution is -0.0530. The zero-order valence-corrected chi connectivity index (χ0v) is 13.9. The molecular formula is C18H20FN3O3. The molecule has 7 heteroatoms. The summed E-state index contributed by atoms with van der Waals surface area (Å²) in [6.45, 7) is 1.82. The number of hydrogen-bond donors (Lipinski definition) is 1. The minimum atomic E-state index is -0.405. The van der Waals surface area contributed by atoms with Crippen LogP contribution in [-0.4, -0.2) is 55.3 Å². The molecule has 0 bridgehead atoms. The molecule has 6 nitrogen and oxygen atoms in total. The van der Waals surface area contributed by atoms with Gasteiger partial charge in [0.05, 0.1) is 30.6 Å². The van der Waals surface area contributed by atoms with Crippen LogP contribution in [-0.2, 0) is 9.47 Å². The molecule has 1 amide bonds. The summed E-state index contributed by atoms with van der Waals surface area (Å²) in [5.41, 5.74) is 0.665. The largest absolute Gasteiger partial charge is 0.382 e. The average Bonchev–Trinajstić information content (AvgIpc) is 2.64. The van der Waals surface area contributed by atoms with Crippen LogP contribution in [0.25, 0.3) is 0 Å². The number of benzene rings is 1. The minimum Gasteiger partial charge on any atom is -0.382 e. The number of morpholine rings is 1. The first-order valence-corrected chi connectivity index (χ1v) is 8.05. The Hall–Kier alpha value is -2.51. The van der Waals surface area contributed by atoms with Gasteiger partial charge in [-0.25, -0.2) is 9.37 Å². The smallest absolute Gasteiger partial charge is 0.257 e. The maximum atomic E-state index is 13.9. The van der Waals surface area contributed by atoms with Gasteiger partial charge in [-0.2, -0.15) is 0 Å². The van der Waals surface area contributed by atoms with Gasteiger partial charge in [0.15, 0.2) is 0 Å². The van der Waals surface area contributed by atoms with Crippen LogP contribution in [0.15, 0.2) is 42.6 Å². The van der Waals surface area contributed by atoms with Crippen molar-refractivity contribution in [2.24, 2.45) is 0 Å². The van der Waals surface area contributed by atoms with Gasteiger partial charge in [-0.3, -0.25) is 4.79 Å². The van der Waals surface area contributed by atoms with Crippen LogP contribution in [0, 0.1) is 5.82 Å². The third kappa shape index (κ3) is 4.12. The number of para-hydroxylation sites is 1. The molecule has 1 saturated heterocycles. The SMILES string of the molecule is COCC1CN(C(=O)c2cccnc2Nc2ccccc2F)CCO1. The molecule has 1 fully saturated rings. The number of anilines is 2. The molecule has 1 aliphatic rings. The highest BCUT2D eigenvalue weighted by Gasteiger charge is 2.26. The number of amides is 1. The van der Waals surface area contributed by atoms with Gasteiger partial charge in [0, 0.05) is 26.4 Å². The van der Waals surface area contributed by atoms with E-state index in [1.165, 1.54) is 6.07 Å². The highest BCUT2D eigenvalue weighted by Crippen LogP contribution is 2.22. The van der Waals surface area contributed by atoms with Crippen LogP contribution in [0.1, 0.15) is 10.4 Å². The Kier molecular flexibility index (Phi) is 5.57.